The van der Waals surface area contributed by atoms with Crippen LogP contribution in [0.4, 0.5) is 0 Å². The molecule has 130 valence electrons. The minimum atomic E-state index is -1.17. The van der Waals surface area contributed by atoms with Gasteiger partial charge in [-0.1, -0.05) is 0 Å². The van der Waals surface area contributed by atoms with Gasteiger partial charge in [-0.2, -0.15) is 0 Å². The molecule has 4 atom stereocenters. The van der Waals surface area contributed by atoms with Gasteiger partial charge < -0.3 is 29.5 Å². The molecule has 0 bridgehead atoms. The van der Waals surface area contributed by atoms with Gasteiger partial charge in [0.1, 0.15) is 18.3 Å². The number of aromatic nitrogens is 2. The predicted octanol–water partition coefficient (Wildman–Crippen LogP) is -2.69. The maximum atomic E-state index is 12.0. The summed E-state index contributed by atoms with van der Waals surface area (Å²) in [7, 11) is 1.49. The lowest BCUT2D eigenvalue weighted by Gasteiger charge is -2.22. The summed E-state index contributed by atoms with van der Waals surface area (Å²) < 4.78 is 16.8. The van der Waals surface area contributed by atoms with E-state index in [0.29, 0.717) is 0 Å². The van der Waals surface area contributed by atoms with E-state index in [4.69, 9.17) is 19.3 Å². The number of H-pyrrole nitrogens is 1. The van der Waals surface area contributed by atoms with Crippen molar-refractivity contribution in [2.45, 2.75) is 31.1 Å². The smallest absolute Gasteiger partial charge is 0.330 e. The third-order valence-electron chi connectivity index (χ3n) is 3.58. The van der Waals surface area contributed by atoms with Crippen LogP contribution in [0.3, 0.4) is 0 Å². The zero-order valence-electron chi connectivity index (χ0n) is 12.5. The monoisotopic (exact) mass is 332 g/mol. The summed E-state index contributed by atoms with van der Waals surface area (Å²) in [5.41, 5.74) is -1.52. The molecule has 0 unspecified atom stereocenters. The molecule has 1 saturated heterocycles. The van der Waals surface area contributed by atoms with Crippen molar-refractivity contribution in [3.63, 3.8) is 0 Å². The highest BCUT2D eigenvalue weighted by Gasteiger charge is 2.45. The first kappa shape index (κ1) is 17.8. The Kier molecular flexibility index (Phi) is 6.04. The first-order valence-corrected chi connectivity index (χ1v) is 7.03. The number of aromatic amines is 1. The second-order valence-electron chi connectivity index (χ2n) is 5.05. The topological polar surface area (TPSA) is 143 Å². The van der Waals surface area contributed by atoms with Gasteiger partial charge in [0, 0.05) is 13.3 Å². The Balaban J connectivity index is 2.34. The fraction of sp³-hybridized carbons (Fsp3) is 0.692. The average Bonchev–Trinajstić information content (AvgIpc) is 2.84. The Hall–Kier alpha value is -1.56. The Bertz CT molecular complexity index is 627. The lowest BCUT2D eigenvalue weighted by Crippen LogP contribution is -2.40. The van der Waals surface area contributed by atoms with Gasteiger partial charge in [-0.3, -0.25) is 14.3 Å². The number of hydrogen-bond donors (Lipinski definition) is 4. The van der Waals surface area contributed by atoms with Crippen LogP contribution in [-0.4, -0.2) is 70.1 Å². The molecule has 0 aromatic carbocycles. The summed E-state index contributed by atoms with van der Waals surface area (Å²) in [5.74, 6) is 0. The minimum absolute atomic E-state index is 0.0363. The fourth-order valence-corrected chi connectivity index (χ4v) is 2.37. The molecule has 1 aromatic rings. The Labute approximate surface area is 130 Å². The highest BCUT2D eigenvalue weighted by molar-refractivity contribution is 5.04. The largest absolute Gasteiger partial charge is 0.394 e. The maximum Gasteiger partial charge on any atom is 0.330 e. The summed E-state index contributed by atoms with van der Waals surface area (Å²) in [4.78, 5) is 25.6. The lowest BCUT2D eigenvalue weighted by molar-refractivity contribution is -0.0821. The maximum absolute atomic E-state index is 12.0. The number of nitrogens with one attached hydrogen (secondary N) is 1. The molecule has 10 nitrogen and oxygen atoms in total. The van der Waals surface area contributed by atoms with Crippen molar-refractivity contribution < 1.29 is 29.5 Å². The zero-order valence-corrected chi connectivity index (χ0v) is 12.5. The van der Waals surface area contributed by atoms with Gasteiger partial charge in [0.25, 0.3) is 5.56 Å². The molecule has 10 heteroatoms. The summed E-state index contributed by atoms with van der Waals surface area (Å²) in [6, 6.07) is 0. The fourth-order valence-electron chi connectivity index (χ4n) is 2.37. The molecule has 0 aliphatic carbocycles. The molecule has 2 heterocycles. The van der Waals surface area contributed by atoms with E-state index in [1.54, 1.807) is 0 Å². The molecule has 23 heavy (non-hydrogen) atoms. The van der Waals surface area contributed by atoms with Crippen LogP contribution in [0, 0.1) is 0 Å². The first-order chi connectivity index (χ1) is 11.0. The SMILES string of the molecule is COCCO[C@@H]1[C@H](O)[C@@H](CO)O[C@H]1n1cc(CO)c(=O)[nH]c1=O. The number of aliphatic hydroxyl groups is 3. The third-order valence-corrected chi connectivity index (χ3v) is 3.58. The van der Waals surface area contributed by atoms with Gasteiger partial charge in [0.05, 0.1) is 32.0 Å². The number of aliphatic hydroxyl groups excluding tert-OH is 3. The molecule has 2 rings (SSSR count). The molecule has 0 amide bonds. The van der Waals surface area contributed by atoms with Crippen molar-refractivity contribution >= 4 is 0 Å². The molecular formula is C13H20N2O8. The molecule has 1 aliphatic rings. The van der Waals surface area contributed by atoms with Crippen LogP contribution in [0.15, 0.2) is 15.8 Å². The van der Waals surface area contributed by atoms with Crippen molar-refractivity contribution in [3.8, 4) is 0 Å². The van der Waals surface area contributed by atoms with Gasteiger partial charge in [-0.15, -0.1) is 0 Å². The van der Waals surface area contributed by atoms with E-state index in [0.717, 1.165) is 10.8 Å². The van der Waals surface area contributed by atoms with Crippen molar-refractivity contribution in [3.05, 3.63) is 32.6 Å². The van der Waals surface area contributed by atoms with Gasteiger partial charge >= 0.3 is 5.69 Å². The van der Waals surface area contributed by atoms with Crippen molar-refractivity contribution in [1.82, 2.24) is 9.55 Å². The molecule has 1 aromatic heterocycles. The summed E-state index contributed by atoms with van der Waals surface area (Å²) in [5, 5.41) is 28.6. The summed E-state index contributed by atoms with van der Waals surface area (Å²) in [6.45, 7) is -0.625. The average molecular weight is 332 g/mol. The number of rotatable bonds is 7. The predicted molar refractivity (Wildman–Crippen MR) is 75.9 cm³/mol. The molecule has 0 radical (unpaired) electrons. The molecular weight excluding hydrogens is 312 g/mol. The van der Waals surface area contributed by atoms with E-state index < -0.39 is 49.0 Å². The lowest BCUT2D eigenvalue weighted by atomic mass is 10.1. The summed E-state index contributed by atoms with van der Waals surface area (Å²) >= 11 is 0. The number of ether oxygens (including phenoxy) is 3. The first-order valence-electron chi connectivity index (χ1n) is 7.03. The van der Waals surface area contributed by atoms with E-state index >= 15 is 0 Å². The van der Waals surface area contributed by atoms with Crippen LogP contribution in [0.5, 0.6) is 0 Å². The Morgan fingerprint density at radius 2 is 2.09 bits per heavy atom. The number of methoxy groups -OCH3 is 1. The van der Waals surface area contributed by atoms with Crippen LogP contribution >= 0.6 is 0 Å². The van der Waals surface area contributed by atoms with Crippen LogP contribution in [0.25, 0.3) is 0 Å². The second-order valence-corrected chi connectivity index (χ2v) is 5.05. The zero-order chi connectivity index (χ0) is 17.0. The normalized spacial score (nSPS) is 27.5. The van der Waals surface area contributed by atoms with E-state index in [1.165, 1.54) is 7.11 Å². The van der Waals surface area contributed by atoms with Crippen LogP contribution in [-0.2, 0) is 20.8 Å². The van der Waals surface area contributed by atoms with Gasteiger partial charge in [0.2, 0.25) is 0 Å². The Morgan fingerprint density at radius 1 is 1.35 bits per heavy atom. The van der Waals surface area contributed by atoms with Crippen LogP contribution in [0.1, 0.15) is 11.8 Å². The van der Waals surface area contributed by atoms with E-state index in [1.807, 2.05) is 0 Å². The molecule has 1 fully saturated rings. The highest BCUT2D eigenvalue weighted by Crippen LogP contribution is 2.30. The standard InChI is InChI=1S/C13H20N2O8/c1-21-2-3-22-10-9(18)8(6-17)23-12(10)15-4-7(5-16)11(19)14-13(15)20/h4,8-10,12,16-18H,2-3,5-6H2,1H3,(H,14,19,20)/t8-,9-,10-,12-/m1/s1. The van der Waals surface area contributed by atoms with Crippen molar-refractivity contribution in [2.75, 3.05) is 26.9 Å². The minimum Gasteiger partial charge on any atom is -0.394 e. The van der Waals surface area contributed by atoms with Gasteiger partial charge in [-0.05, 0) is 0 Å². The molecule has 4 N–H and O–H groups in total. The van der Waals surface area contributed by atoms with Gasteiger partial charge in [0.15, 0.2) is 6.23 Å². The molecule has 0 spiro atoms. The Morgan fingerprint density at radius 3 is 2.70 bits per heavy atom. The van der Waals surface area contributed by atoms with E-state index in [2.05, 4.69) is 4.98 Å². The third kappa shape index (κ3) is 3.68. The van der Waals surface area contributed by atoms with E-state index in [-0.39, 0.29) is 18.8 Å². The van der Waals surface area contributed by atoms with Crippen molar-refractivity contribution in [2.24, 2.45) is 0 Å². The van der Waals surface area contributed by atoms with Crippen molar-refractivity contribution in [1.29, 1.82) is 0 Å². The number of nitrogens with zero attached hydrogens (tertiary/aromatic N) is 1. The van der Waals surface area contributed by atoms with Crippen LogP contribution < -0.4 is 11.2 Å². The highest BCUT2D eigenvalue weighted by atomic mass is 16.6. The molecule has 1 aliphatic heterocycles. The van der Waals surface area contributed by atoms with Crippen LogP contribution in [0.2, 0.25) is 0 Å². The second kappa shape index (κ2) is 7.81. The van der Waals surface area contributed by atoms with Gasteiger partial charge in [-0.25, -0.2) is 4.79 Å². The summed E-state index contributed by atoms with van der Waals surface area (Å²) in [6.07, 6.45) is -2.97. The quantitative estimate of drug-likeness (QED) is 0.395. The number of hydrogen-bond acceptors (Lipinski definition) is 8. The molecule has 0 saturated carbocycles. The van der Waals surface area contributed by atoms with E-state index in [9.17, 15) is 19.8 Å².